The van der Waals surface area contributed by atoms with E-state index in [1.165, 1.54) is 12.5 Å². The van der Waals surface area contributed by atoms with E-state index < -0.39 is 0 Å². The Morgan fingerprint density at radius 3 is 2.60 bits per heavy atom. The normalized spacial score (nSPS) is 11.7. The van der Waals surface area contributed by atoms with Crippen molar-refractivity contribution in [2.45, 2.75) is 6.54 Å². The number of phenolic OH excluding ortho intramolecular Hbond substituents is 1. The molecule has 0 aliphatic carbocycles. The number of aromatic nitrogens is 2. The van der Waals surface area contributed by atoms with Gasteiger partial charge >= 0.3 is 0 Å². The highest BCUT2D eigenvalue weighted by Gasteiger charge is 2.22. The summed E-state index contributed by atoms with van der Waals surface area (Å²) >= 11 is 0. The molecule has 0 radical (unpaired) electrons. The monoisotopic (exact) mass is 271 g/mol. The molecule has 0 bridgehead atoms. The van der Waals surface area contributed by atoms with Crippen LogP contribution in [0.25, 0.3) is 33.3 Å². The molecule has 0 saturated heterocycles. The molecule has 3 N–H and O–H groups in total. The SMILES string of the molecule is NCc1nc(-c2c3ccoc3c(O)c3ccoc23)no1. The van der Waals surface area contributed by atoms with Crippen LogP contribution in [0.2, 0.25) is 0 Å². The van der Waals surface area contributed by atoms with Crippen LogP contribution in [0.1, 0.15) is 5.89 Å². The number of furan rings is 2. The lowest BCUT2D eigenvalue weighted by atomic mass is 10.1. The molecular weight excluding hydrogens is 262 g/mol. The molecule has 0 aliphatic rings. The summed E-state index contributed by atoms with van der Waals surface area (Å²) in [6.07, 6.45) is 2.97. The Bertz CT molecular complexity index is 867. The molecular formula is C13H9N3O4. The Labute approximate surface area is 111 Å². The smallest absolute Gasteiger partial charge is 0.240 e. The number of fused-ring (bicyclic) bond motifs is 2. The van der Waals surface area contributed by atoms with Crippen LogP contribution < -0.4 is 5.73 Å². The van der Waals surface area contributed by atoms with Crippen LogP contribution in [0, 0.1) is 0 Å². The van der Waals surface area contributed by atoms with Crippen LogP contribution >= 0.6 is 0 Å². The predicted octanol–water partition coefficient (Wildman–Crippen LogP) is 2.39. The molecule has 3 aromatic heterocycles. The number of rotatable bonds is 2. The topological polar surface area (TPSA) is 111 Å². The third-order valence-corrected chi connectivity index (χ3v) is 3.16. The molecule has 0 aliphatic heterocycles. The minimum absolute atomic E-state index is 0.0278. The van der Waals surface area contributed by atoms with Crippen molar-refractivity contribution in [2.24, 2.45) is 5.73 Å². The van der Waals surface area contributed by atoms with E-state index in [9.17, 15) is 5.11 Å². The fourth-order valence-electron chi connectivity index (χ4n) is 2.28. The van der Waals surface area contributed by atoms with E-state index in [1.807, 2.05) is 0 Å². The third kappa shape index (κ3) is 1.32. The highest BCUT2D eigenvalue weighted by molar-refractivity contribution is 6.12. The highest BCUT2D eigenvalue weighted by atomic mass is 16.5. The molecule has 3 heterocycles. The van der Waals surface area contributed by atoms with Gasteiger partial charge in [0.2, 0.25) is 11.7 Å². The van der Waals surface area contributed by atoms with Gasteiger partial charge in [-0.3, -0.25) is 0 Å². The Hall–Kier alpha value is -2.80. The van der Waals surface area contributed by atoms with Gasteiger partial charge in [-0.15, -0.1) is 0 Å². The lowest BCUT2D eigenvalue weighted by molar-refractivity contribution is 0.380. The van der Waals surface area contributed by atoms with Gasteiger partial charge in [-0.1, -0.05) is 5.16 Å². The van der Waals surface area contributed by atoms with Gasteiger partial charge in [0.05, 0.1) is 30.0 Å². The molecule has 0 amide bonds. The van der Waals surface area contributed by atoms with E-state index in [0.29, 0.717) is 39.2 Å². The van der Waals surface area contributed by atoms with Crippen LogP contribution in [0.3, 0.4) is 0 Å². The maximum atomic E-state index is 10.2. The molecule has 0 atom stereocenters. The maximum absolute atomic E-state index is 10.2. The summed E-state index contributed by atoms with van der Waals surface area (Å²) in [5, 5.41) is 15.2. The number of hydrogen-bond acceptors (Lipinski definition) is 7. The first kappa shape index (κ1) is 11.1. The molecule has 7 heteroatoms. The quantitative estimate of drug-likeness (QED) is 0.575. The van der Waals surface area contributed by atoms with Crippen molar-refractivity contribution in [3.8, 4) is 17.1 Å². The highest BCUT2D eigenvalue weighted by Crippen LogP contribution is 2.42. The molecule has 4 aromatic rings. The molecule has 100 valence electrons. The summed E-state index contributed by atoms with van der Waals surface area (Å²) in [5.74, 6) is 0.696. The van der Waals surface area contributed by atoms with Gasteiger partial charge < -0.3 is 24.2 Å². The van der Waals surface area contributed by atoms with Crippen molar-refractivity contribution in [2.75, 3.05) is 0 Å². The van der Waals surface area contributed by atoms with Crippen LogP contribution in [0.4, 0.5) is 0 Å². The summed E-state index contributed by atoms with van der Waals surface area (Å²) in [7, 11) is 0. The minimum Gasteiger partial charge on any atom is -0.504 e. The average Bonchev–Trinajstić information content (AvgIpc) is 3.19. The van der Waals surface area contributed by atoms with Gasteiger partial charge in [0.1, 0.15) is 5.58 Å². The Balaban J connectivity index is 2.16. The van der Waals surface area contributed by atoms with Gasteiger partial charge in [0, 0.05) is 5.39 Å². The third-order valence-electron chi connectivity index (χ3n) is 3.16. The second-order valence-corrected chi connectivity index (χ2v) is 4.27. The molecule has 20 heavy (non-hydrogen) atoms. The van der Waals surface area contributed by atoms with Gasteiger partial charge in [-0.25, -0.2) is 0 Å². The maximum Gasteiger partial charge on any atom is 0.240 e. The van der Waals surface area contributed by atoms with Crippen LogP contribution in [-0.4, -0.2) is 15.2 Å². The van der Waals surface area contributed by atoms with E-state index >= 15 is 0 Å². The molecule has 7 nitrogen and oxygen atoms in total. The fourth-order valence-corrected chi connectivity index (χ4v) is 2.28. The molecule has 0 unspecified atom stereocenters. The van der Waals surface area contributed by atoms with Crippen LogP contribution in [-0.2, 0) is 6.54 Å². The van der Waals surface area contributed by atoms with Crippen LogP contribution in [0.15, 0.2) is 38.0 Å². The summed E-state index contributed by atoms with van der Waals surface area (Å²) in [4.78, 5) is 4.20. The Morgan fingerprint density at radius 2 is 1.85 bits per heavy atom. The van der Waals surface area contributed by atoms with Gasteiger partial charge in [-0.2, -0.15) is 4.98 Å². The van der Waals surface area contributed by atoms with Crippen LogP contribution in [0.5, 0.6) is 5.75 Å². The second kappa shape index (κ2) is 3.84. The van der Waals surface area contributed by atoms with Gasteiger partial charge in [0.25, 0.3) is 0 Å². The van der Waals surface area contributed by atoms with E-state index in [-0.39, 0.29) is 12.3 Å². The zero-order valence-electron chi connectivity index (χ0n) is 10.2. The van der Waals surface area contributed by atoms with Crippen molar-refractivity contribution in [1.29, 1.82) is 0 Å². The van der Waals surface area contributed by atoms with Gasteiger partial charge in [0.15, 0.2) is 11.3 Å². The zero-order chi connectivity index (χ0) is 13.7. The van der Waals surface area contributed by atoms with Gasteiger partial charge in [-0.05, 0) is 12.1 Å². The minimum atomic E-state index is 0.0278. The number of hydrogen-bond donors (Lipinski definition) is 2. The number of aromatic hydroxyl groups is 1. The summed E-state index contributed by atoms with van der Waals surface area (Å²) in [6, 6.07) is 3.37. The first-order valence-corrected chi connectivity index (χ1v) is 5.92. The van der Waals surface area contributed by atoms with E-state index in [1.54, 1.807) is 12.1 Å². The largest absolute Gasteiger partial charge is 0.504 e. The number of nitrogens with two attached hydrogens (primary N) is 1. The summed E-state index contributed by atoms with van der Waals surface area (Å²) < 4.78 is 15.8. The first-order valence-electron chi connectivity index (χ1n) is 5.92. The molecule has 4 rings (SSSR count). The van der Waals surface area contributed by atoms with Crippen molar-refractivity contribution in [1.82, 2.24) is 10.1 Å². The average molecular weight is 271 g/mol. The van der Waals surface area contributed by atoms with Crippen molar-refractivity contribution < 1.29 is 18.5 Å². The van der Waals surface area contributed by atoms with Crippen molar-refractivity contribution in [3.05, 3.63) is 30.5 Å². The summed E-state index contributed by atoms with van der Waals surface area (Å²) in [6.45, 7) is 0.154. The van der Waals surface area contributed by atoms with Crippen molar-refractivity contribution >= 4 is 21.9 Å². The molecule has 0 saturated carbocycles. The van der Waals surface area contributed by atoms with E-state index in [2.05, 4.69) is 10.1 Å². The lowest BCUT2D eigenvalue weighted by Crippen LogP contribution is -1.95. The number of benzene rings is 1. The predicted molar refractivity (Wildman–Crippen MR) is 68.8 cm³/mol. The molecule has 0 fully saturated rings. The fraction of sp³-hybridized carbons (Fsp3) is 0.0769. The first-order chi connectivity index (χ1) is 9.79. The second-order valence-electron chi connectivity index (χ2n) is 4.27. The molecule has 0 spiro atoms. The lowest BCUT2D eigenvalue weighted by Gasteiger charge is -2.02. The Kier molecular flexibility index (Phi) is 2.13. The van der Waals surface area contributed by atoms with Crippen molar-refractivity contribution in [3.63, 3.8) is 0 Å². The number of nitrogens with zero attached hydrogens (tertiary/aromatic N) is 2. The molecule has 1 aromatic carbocycles. The Morgan fingerprint density at radius 1 is 1.10 bits per heavy atom. The standard InChI is InChI=1S/C13H9N3O4/c14-5-8-15-13(16-20-8)9-6-1-3-19-12(6)10(17)7-2-4-18-11(7)9/h1-4,17H,5,14H2. The summed E-state index contributed by atoms with van der Waals surface area (Å²) in [5.41, 5.74) is 6.91. The van der Waals surface area contributed by atoms with E-state index in [0.717, 1.165) is 0 Å². The zero-order valence-corrected chi connectivity index (χ0v) is 10.2. The number of phenols is 1. The van der Waals surface area contributed by atoms with E-state index in [4.69, 9.17) is 19.1 Å².